The molecule has 0 unspecified atom stereocenters. The molecule has 0 aromatic heterocycles. The fourth-order valence-electron chi connectivity index (χ4n) is 0.931. The number of carbonyl (C=O) groups excluding carboxylic acids is 1. The molecule has 0 spiro atoms. The second kappa shape index (κ2) is 6.10. The summed E-state index contributed by atoms with van der Waals surface area (Å²) in [5.41, 5.74) is 1.12. The van der Waals surface area contributed by atoms with Crippen molar-refractivity contribution in [1.29, 1.82) is 0 Å². The predicted molar refractivity (Wildman–Crippen MR) is 57.9 cm³/mol. The van der Waals surface area contributed by atoms with Crippen LogP contribution in [0.15, 0.2) is 30.3 Å². The van der Waals surface area contributed by atoms with Crippen LogP contribution in [-0.2, 0) is 16.1 Å². The molecule has 0 saturated heterocycles. The van der Waals surface area contributed by atoms with Crippen molar-refractivity contribution >= 4 is 23.7 Å². The molecular weight excluding hydrogens is 198 g/mol. The highest BCUT2D eigenvalue weighted by Gasteiger charge is 1.95. The summed E-state index contributed by atoms with van der Waals surface area (Å²) < 4.78 is 4.87. The van der Waals surface area contributed by atoms with Crippen LogP contribution in [-0.4, -0.2) is 18.1 Å². The SMILES string of the molecule is O=CCOC(=S)NCc1ccccc1. The van der Waals surface area contributed by atoms with Crippen LogP contribution < -0.4 is 5.32 Å². The van der Waals surface area contributed by atoms with E-state index >= 15 is 0 Å². The van der Waals surface area contributed by atoms with Crippen LogP contribution >= 0.6 is 12.2 Å². The normalized spacial score (nSPS) is 9.14. The molecule has 1 N–H and O–H groups in total. The van der Waals surface area contributed by atoms with Crippen molar-refractivity contribution in [3.8, 4) is 0 Å². The molecule has 0 aliphatic rings. The summed E-state index contributed by atoms with van der Waals surface area (Å²) in [7, 11) is 0. The Hall–Kier alpha value is -1.42. The van der Waals surface area contributed by atoms with E-state index in [0.29, 0.717) is 12.8 Å². The van der Waals surface area contributed by atoms with Crippen molar-refractivity contribution in [1.82, 2.24) is 5.32 Å². The summed E-state index contributed by atoms with van der Waals surface area (Å²) in [4.78, 5) is 9.97. The molecule has 3 nitrogen and oxygen atoms in total. The van der Waals surface area contributed by atoms with Gasteiger partial charge in [-0.05, 0) is 17.8 Å². The summed E-state index contributed by atoms with van der Waals surface area (Å²) in [6.45, 7) is 0.610. The number of thiocarbonyl (C=S) groups is 1. The second-order valence-corrected chi connectivity index (χ2v) is 2.98. The zero-order chi connectivity index (χ0) is 10.2. The van der Waals surface area contributed by atoms with Gasteiger partial charge in [0.05, 0.1) is 0 Å². The lowest BCUT2D eigenvalue weighted by Crippen LogP contribution is -2.24. The topological polar surface area (TPSA) is 38.3 Å². The second-order valence-electron chi connectivity index (χ2n) is 2.60. The fraction of sp³-hybridized carbons (Fsp3) is 0.200. The lowest BCUT2D eigenvalue weighted by Gasteiger charge is -2.06. The average molecular weight is 209 g/mol. The van der Waals surface area contributed by atoms with Crippen molar-refractivity contribution in [2.24, 2.45) is 0 Å². The lowest BCUT2D eigenvalue weighted by molar-refractivity contribution is -0.109. The number of benzene rings is 1. The fourth-order valence-corrected chi connectivity index (χ4v) is 1.07. The van der Waals surface area contributed by atoms with Gasteiger partial charge in [-0.15, -0.1) is 0 Å². The molecule has 1 aromatic carbocycles. The van der Waals surface area contributed by atoms with Gasteiger partial charge in [0, 0.05) is 6.54 Å². The molecule has 0 bridgehead atoms. The number of aldehydes is 1. The van der Waals surface area contributed by atoms with E-state index in [0.717, 1.165) is 5.56 Å². The van der Waals surface area contributed by atoms with Crippen LogP contribution in [0.2, 0.25) is 0 Å². The largest absolute Gasteiger partial charge is 0.463 e. The Morgan fingerprint density at radius 3 is 2.79 bits per heavy atom. The number of hydrogen-bond donors (Lipinski definition) is 1. The van der Waals surface area contributed by atoms with Crippen LogP contribution in [0.1, 0.15) is 5.56 Å². The maximum atomic E-state index is 9.97. The van der Waals surface area contributed by atoms with E-state index in [1.54, 1.807) is 0 Å². The molecule has 0 fully saturated rings. The van der Waals surface area contributed by atoms with Gasteiger partial charge in [0.1, 0.15) is 6.61 Å². The van der Waals surface area contributed by atoms with Gasteiger partial charge in [-0.1, -0.05) is 30.3 Å². The Bertz CT molecular complexity index is 300. The van der Waals surface area contributed by atoms with Crippen LogP contribution in [0.25, 0.3) is 0 Å². The van der Waals surface area contributed by atoms with Gasteiger partial charge in [0.15, 0.2) is 6.29 Å². The molecular formula is C10H11NO2S. The average Bonchev–Trinajstić information content (AvgIpc) is 2.25. The summed E-state index contributed by atoms with van der Waals surface area (Å²) >= 11 is 4.83. The minimum absolute atomic E-state index is 0.000618. The molecule has 0 atom stereocenters. The van der Waals surface area contributed by atoms with Crippen molar-refractivity contribution < 1.29 is 9.53 Å². The van der Waals surface area contributed by atoms with E-state index in [9.17, 15) is 4.79 Å². The summed E-state index contributed by atoms with van der Waals surface area (Å²) in [6, 6.07) is 9.81. The Labute approximate surface area is 88.1 Å². The molecule has 0 amide bonds. The summed E-state index contributed by atoms with van der Waals surface area (Å²) in [6.07, 6.45) is 0.663. The number of carbonyl (C=O) groups is 1. The third-order valence-electron chi connectivity index (χ3n) is 1.56. The molecule has 0 aliphatic carbocycles. The van der Waals surface area contributed by atoms with Gasteiger partial charge >= 0.3 is 0 Å². The quantitative estimate of drug-likeness (QED) is 0.599. The van der Waals surface area contributed by atoms with Crippen LogP contribution in [0, 0.1) is 0 Å². The third kappa shape index (κ3) is 4.00. The maximum absolute atomic E-state index is 9.97. The maximum Gasteiger partial charge on any atom is 0.257 e. The van der Waals surface area contributed by atoms with Crippen LogP contribution in [0.4, 0.5) is 0 Å². The Kier molecular flexibility index (Phi) is 4.64. The van der Waals surface area contributed by atoms with Gasteiger partial charge in [0.2, 0.25) is 0 Å². The number of nitrogens with one attached hydrogen (secondary N) is 1. The smallest absolute Gasteiger partial charge is 0.257 e. The highest BCUT2D eigenvalue weighted by Crippen LogP contribution is 1.97. The molecule has 0 saturated carbocycles. The standard InChI is InChI=1S/C10H11NO2S/c12-6-7-13-10(14)11-8-9-4-2-1-3-5-9/h1-6H,7-8H2,(H,11,14). The minimum atomic E-state index is 0.000618. The molecule has 74 valence electrons. The molecule has 1 rings (SSSR count). The van der Waals surface area contributed by atoms with E-state index < -0.39 is 0 Å². The van der Waals surface area contributed by atoms with Gasteiger partial charge < -0.3 is 10.1 Å². The highest BCUT2D eigenvalue weighted by molar-refractivity contribution is 7.80. The van der Waals surface area contributed by atoms with Crippen LogP contribution in [0.5, 0.6) is 0 Å². The van der Waals surface area contributed by atoms with Gasteiger partial charge in [-0.2, -0.15) is 0 Å². The molecule has 1 aromatic rings. The number of ether oxygens (including phenoxy) is 1. The predicted octanol–water partition coefficient (Wildman–Crippen LogP) is 1.28. The summed E-state index contributed by atoms with van der Waals surface area (Å²) in [5.74, 6) is 0. The first kappa shape index (κ1) is 10.7. The zero-order valence-electron chi connectivity index (χ0n) is 7.60. The molecule has 0 heterocycles. The van der Waals surface area contributed by atoms with E-state index in [4.69, 9.17) is 17.0 Å². The Morgan fingerprint density at radius 1 is 1.43 bits per heavy atom. The molecule has 14 heavy (non-hydrogen) atoms. The lowest BCUT2D eigenvalue weighted by atomic mass is 10.2. The van der Waals surface area contributed by atoms with Crippen molar-refractivity contribution in [3.05, 3.63) is 35.9 Å². The highest BCUT2D eigenvalue weighted by atomic mass is 32.1. The van der Waals surface area contributed by atoms with Crippen molar-refractivity contribution in [2.45, 2.75) is 6.54 Å². The zero-order valence-corrected chi connectivity index (χ0v) is 8.42. The Balaban J connectivity index is 2.27. The first-order valence-corrected chi connectivity index (χ1v) is 4.62. The molecule has 0 aliphatic heterocycles. The monoisotopic (exact) mass is 209 g/mol. The number of hydrogen-bond acceptors (Lipinski definition) is 3. The third-order valence-corrected chi connectivity index (χ3v) is 1.82. The van der Waals surface area contributed by atoms with Gasteiger partial charge in [-0.25, -0.2) is 0 Å². The van der Waals surface area contributed by atoms with Gasteiger partial charge in [0.25, 0.3) is 5.17 Å². The molecule has 0 radical (unpaired) electrons. The van der Waals surface area contributed by atoms with E-state index in [2.05, 4.69) is 5.32 Å². The summed E-state index contributed by atoms with van der Waals surface area (Å²) in [5, 5.41) is 3.13. The Morgan fingerprint density at radius 2 is 2.14 bits per heavy atom. The first-order chi connectivity index (χ1) is 6.83. The van der Waals surface area contributed by atoms with E-state index in [1.165, 1.54) is 0 Å². The van der Waals surface area contributed by atoms with Crippen LogP contribution in [0.3, 0.4) is 0 Å². The first-order valence-electron chi connectivity index (χ1n) is 4.21. The van der Waals surface area contributed by atoms with E-state index in [1.807, 2.05) is 30.3 Å². The van der Waals surface area contributed by atoms with Crippen molar-refractivity contribution in [3.63, 3.8) is 0 Å². The van der Waals surface area contributed by atoms with E-state index in [-0.39, 0.29) is 11.8 Å². The number of rotatable bonds is 4. The minimum Gasteiger partial charge on any atom is -0.463 e. The van der Waals surface area contributed by atoms with Gasteiger partial charge in [-0.3, -0.25) is 4.79 Å². The van der Waals surface area contributed by atoms with Crippen molar-refractivity contribution in [2.75, 3.05) is 6.61 Å². The molecule has 4 heteroatoms.